The van der Waals surface area contributed by atoms with Crippen LogP contribution in [0.4, 0.5) is 0 Å². The molecule has 4 nitrogen and oxygen atoms in total. The zero-order valence-electron chi connectivity index (χ0n) is 6.99. The first kappa shape index (κ1) is 9.51. The Hall–Kier alpha value is -1.04. The summed E-state index contributed by atoms with van der Waals surface area (Å²) in [5.41, 5.74) is 0.654. The van der Waals surface area contributed by atoms with Crippen molar-refractivity contribution in [2.45, 2.75) is 5.03 Å². The lowest BCUT2D eigenvalue weighted by molar-refractivity contribution is 0.595. The standard InChI is InChI=1S/C8H7ClN2O2S/c9-7-5-3-1-2-4-6(5)11-8(7)14(10,12)13/h1-4,11H,(H2,10,12,13). The average molecular weight is 231 g/mol. The minimum absolute atomic E-state index is 0.139. The Morgan fingerprint density at radius 1 is 1.29 bits per heavy atom. The van der Waals surface area contributed by atoms with Gasteiger partial charge in [0.15, 0.2) is 5.03 Å². The predicted octanol–water partition coefficient (Wildman–Crippen LogP) is 1.47. The van der Waals surface area contributed by atoms with Crippen molar-refractivity contribution in [2.24, 2.45) is 5.14 Å². The van der Waals surface area contributed by atoms with Gasteiger partial charge in [-0.3, -0.25) is 0 Å². The summed E-state index contributed by atoms with van der Waals surface area (Å²) in [5, 5.41) is 5.63. The number of nitrogens with one attached hydrogen (secondary N) is 1. The summed E-state index contributed by atoms with van der Waals surface area (Å²) in [4.78, 5) is 2.66. The predicted molar refractivity (Wildman–Crippen MR) is 54.7 cm³/mol. The molecule has 2 rings (SSSR count). The number of aromatic nitrogens is 1. The number of benzene rings is 1. The highest BCUT2D eigenvalue weighted by Crippen LogP contribution is 2.29. The molecule has 14 heavy (non-hydrogen) atoms. The van der Waals surface area contributed by atoms with Gasteiger partial charge in [-0.1, -0.05) is 29.8 Å². The third-order valence-corrected chi connectivity index (χ3v) is 3.28. The van der Waals surface area contributed by atoms with Crippen molar-refractivity contribution < 1.29 is 8.42 Å². The van der Waals surface area contributed by atoms with Gasteiger partial charge >= 0.3 is 0 Å². The fraction of sp³-hybridized carbons (Fsp3) is 0. The van der Waals surface area contributed by atoms with E-state index in [9.17, 15) is 8.42 Å². The van der Waals surface area contributed by atoms with E-state index in [1.165, 1.54) is 0 Å². The fourth-order valence-electron chi connectivity index (χ4n) is 1.28. The van der Waals surface area contributed by atoms with Crippen LogP contribution in [-0.4, -0.2) is 13.4 Å². The van der Waals surface area contributed by atoms with Crippen LogP contribution in [0.5, 0.6) is 0 Å². The zero-order chi connectivity index (χ0) is 10.3. The van der Waals surface area contributed by atoms with Crippen molar-refractivity contribution in [2.75, 3.05) is 0 Å². The molecule has 6 heteroatoms. The average Bonchev–Trinajstić information content (AvgIpc) is 2.44. The van der Waals surface area contributed by atoms with E-state index < -0.39 is 10.0 Å². The van der Waals surface area contributed by atoms with Crippen molar-refractivity contribution in [1.82, 2.24) is 4.98 Å². The molecule has 1 heterocycles. The van der Waals surface area contributed by atoms with E-state index in [2.05, 4.69) is 4.98 Å². The van der Waals surface area contributed by atoms with Gasteiger partial charge in [-0.05, 0) is 6.07 Å². The molecule has 0 saturated carbocycles. The zero-order valence-corrected chi connectivity index (χ0v) is 8.56. The van der Waals surface area contributed by atoms with Crippen molar-refractivity contribution in [3.63, 3.8) is 0 Å². The number of nitrogens with two attached hydrogens (primary N) is 1. The number of rotatable bonds is 1. The Bertz CT molecular complexity index is 588. The molecule has 0 spiro atoms. The second-order valence-corrected chi connectivity index (χ2v) is 4.73. The summed E-state index contributed by atoms with van der Waals surface area (Å²) < 4.78 is 22.2. The smallest absolute Gasteiger partial charge is 0.255 e. The maximum Gasteiger partial charge on any atom is 0.255 e. The molecule has 0 fully saturated rings. The molecule has 0 unspecified atom stereocenters. The lowest BCUT2D eigenvalue weighted by atomic mass is 10.2. The highest BCUT2D eigenvalue weighted by atomic mass is 35.5. The Balaban J connectivity index is 2.89. The summed E-state index contributed by atoms with van der Waals surface area (Å²) in [6.45, 7) is 0. The molecule has 0 radical (unpaired) electrons. The first-order valence-corrected chi connectivity index (χ1v) is 5.71. The molecule has 3 N–H and O–H groups in total. The van der Waals surface area contributed by atoms with E-state index in [4.69, 9.17) is 16.7 Å². The molecular formula is C8H7ClN2O2S. The molecule has 0 atom stereocenters. The molecule has 2 aromatic rings. The van der Waals surface area contributed by atoms with Gasteiger partial charge in [-0.15, -0.1) is 0 Å². The highest BCUT2D eigenvalue weighted by molar-refractivity contribution is 7.89. The number of para-hydroxylation sites is 1. The lowest BCUT2D eigenvalue weighted by Gasteiger charge is -1.92. The van der Waals surface area contributed by atoms with Crippen LogP contribution in [0.15, 0.2) is 29.3 Å². The van der Waals surface area contributed by atoms with Crippen LogP contribution in [0, 0.1) is 0 Å². The number of halogens is 1. The highest BCUT2D eigenvalue weighted by Gasteiger charge is 2.17. The maximum absolute atomic E-state index is 11.1. The normalized spacial score (nSPS) is 12.1. The van der Waals surface area contributed by atoms with E-state index in [0.29, 0.717) is 10.9 Å². The molecule has 0 bridgehead atoms. The number of aromatic amines is 1. The summed E-state index contributed by atoms with van der Waals surface area (Å²) in [6.07, 6.45) is 0. The van der Waals surface area contributed by atoms with Crippen LogP contribution in [0.3, 0.4) is 0 Å². The molecule has 0 amide bonds. The summed E-state index contributed by atoms with van der Waals surface area (Å²) in [5.74, 6) is 0. The van der Waals surface area contributed by atoms with Crippen molar-refractivity contribution in [1.29, 1.82) is 0 Å². The van der Waals surface area contributed by atoms with Crippen LogP contribution >= 0.6 is 11.6 Å². The van der Waals surface area contributed by atoms with Gasteiger partial charge in [-0.25, -0.2) is 13.6 Å². The third-order valence-electron chi connectivity index (χ3n) is 1.90. The van der Waals surface area contributed by atoms with E-state index >= 15 is 0 Å². The van der Waals surface area contributed by atoms with Crippen LogP contribution in [0.2, 0.25) is 5.02 Å². The Morgan fingerprint density at radius 2 is 1.93 bits per heavy atom. The minimum Gasteiger partial charge on any atom is -0.343 e. The summed E-state index contributed by atoms with van der Waals surface area (Å²) >= 11 is 5.85. The second-order valence-electron chi connectivity index (χ2n) is 2.86. The molecular weight excluding hydrogens is 224 g/mol. The molecule has 1 aromatic carbocycles. The largest absolute Gasteiger partial charge is 0.343 e. The van der Waals surface area contributed by atoms with Gasteiger partial charge in [0, 0.05) is 10.9 Å². The van der Waals surface area contributed by atoms with Crippen LogP contribution in [0.1, 0.15) is 0 Å². The van der Waals surface area contributed by atoms with E-state index in [-0.39, 0.29) is 10.0 Å². The third kappa shape index (κ3) is 1.39. The summed E-state index contributed by atoms with van der Waals surface area (Å²) in [6, 6.07) is 7.01. The van der Waals surface area contributed by atoms with Gasteiger partial charge in [0.2, 0.25) is 0 Å². The van der Waals surface area contributed by atoms with Gasteiger partial charge in [0.25, 0.3) is 10.0 Å². The summed E-state index contributed by atoms with van der Waals surface area (Å²) in [7, 11) is -3.78. The number of sulfonamides is 1. The number of primary sulfonamides is 1. The van der Waals surface area contributed by atoms with Crippen LogP contribution in [-0.2, 0) is 10.0 Å². The quantitative estimate of drug-likeness (QED) is 0.778. The minimum atomic E-state index is -3.78. The molecule has 0 aliphatic rings. The Morgan fingerprint density at radius 3 is 2.50 bits per heavy atom. The Labute approximate surface area is 85.7 Å². The van der Waals surface area contributed by atoms with Crippen LogP contribution in [0.25, 0.3) is 10.9 Å². The molecule has 0 aliphatic heterocycles. The van der Waals surface area contributed by atoms with Crippen molar-refractivity contribution in [3.8, 4) is 0 Å². The second kappa shape index (κ2) is 2.98. The first-order valence-electron chi connectivity index (χ1n) is 3.79. The topological polar surface area (TPSA) is 76.0 Å². The number of H-pyrrole nitrogens is 1. The molecule has 1 aromatic heterocycles. The molecule has 74 valence electrons. The SMILES string of the molecule is NS(=O)(=O)c1[nH]c2ccccc2c1Cl. The van der Waals surface area contributed by atoms with E-state index in [1.807, 2.05) is 0 Å². The van der Waals surface area contributed by atoms with Gasteiger partial charge in [0.1, 0.15) is 0 Å². The maximum atomic E-state index is 11.1. The van der Waals surface area contributed by atoms with Crippen molar-refractivity contribution >= 4 is 32.5 Å². The number of hydrogen-bond acceptors (Lipinski definition) is 2. The van der Waals surface area contributed by atoms with Crippen molar-refractivity contribution in [3.05, 3.63) is 29.3 Å². The monoisotopic (exact) mass is 230 g/mol. The number of hydrogen-bond donors (Lipinski definition) is 2. The van der Waals surface area contributed by atoms with Gasteiger partial charge < -0.3 is 4.98 Å². The van der Waals surface area contributed by atoms with E-state index in [1.54, 1.807) is 24.3 Å². The molecule has 0 aliphatic carbocycles. The Kier molecular flexibility index (Phi) is 2.02. The van der Waals surface area contributed by atoms with Crippen LogP contribution < -0.4 is 5.14 Å². The molecule has 0 saturated heterocycles. The van der Waals surface area contributed by atoms with E-state index in [0.717, 1.165) is 0 Å². The van der Waals surface area contributed by atoms with Gasteiger partial charge in [-0.2, -0.15) is 0 Å². The van der Waals surface area contributed by atoms with Gasteiger partial charge in [0.05, 0.1) is 5.02 Å². The lowest BCUT2D eigenvalue weighted by Crippen LogP contribution is -2.12. The first-order chi connectivity index (χ1) is 6.50. The fourth-order valence-corrected chi connectivity index (χ4v) is 2.43. The number of fused-ring (bicyclic) bond motifs is 1.